The van der Waals surface area contributed by atoms with Gasteiger partial charge in [0.25, 0.3) is 5.91 Å². The number of carboxylic acid groups (broad SMARTS) is 1. The summed E-state index contributed by atoms with van der Waals surface area (Å²) in [5.74, 6) is -1.26. The first-order valence-electron chi connectivity index (χ1n) is 8.00. The fraction of sp³-hybridized carbons (Fsp3) is 0.263. The van der Waals surface area contributed by atoms with Crippen LogP contribution in [-0.4, -0.2) is 38.8 Å². The van der Waals surface area contributed by atoms with Crippen LogP contribution < -0.4 is 10.1 Å². The van der Waals surface area contributed by atoms with Crippen LogP contribution in [0.15, 0.2) is 47.4 Å². The van der Waals surface area contributed by atoms with E-state index in [9.17, 15) is 23.1 Å². The van der Waals surface area contributed by atoms with Crippen molar-refractivity contribution in [1.29, 1.82) is 0 Å². The van der Waals surface area contributed by atoms with E-state index in [1.165, 1.54) is 25.3 Å². The van der Waals surface area contributed by atoms with Gasteiger partial charge in [0.05, 0.1) is 23.0 Å². The maximum Gasteiger partial charge on any atom is 0.313 e. The minimum atomic E-state index is -3.48. The number of methoxy groups -OCH3 is 1. The third-order valence-electron chi connectivity index (χ3n) is 4.24. The predicted molar refractivity (Wildman–Crippen MR) is 101 cm³/mol. The van der Waals surface area contributed by atoms with E-state index < -0.39 is 27.1 Å². The van der Waals surface area contributed by atoms with Crippen LogP contribution in [0.3, 0.4) is 0 Å². The predicted octanol–water partition coefficient (Wildman–Crippen LogP) is 2.71. The Morgan fingerprint density at radius 2 is 1.67 bits per heavy atom. The summed E-state index contributed by atoms with van der Waals surface area (Å²) in [4.78, 5) is 23.9. The Bertz CT molecular complexity index is 978. The maximum absolute atomic E-state index is 12.6. The molecule has 7 nitrogen and oxygen atoms in total. The first-order chi connectivity index (χ1) is 12.5. The summed E-state index contributed by atoms with van der Waals surface area (Å²) in [5, 5.41) is 11.9. The highest BCUT2D eigenvalue weighted by Gasteiger charge is 2.29. The van der Waals surface area contributed by atoms with Gasteiger partial charge in [-0.05, 0) is 49.7 Å². The molecule has 0 aliphatic carbocycles. The fourth-order valence-corrected chi connectivity index (χ4v) is 3.03. The monoisotopic (exact) mass is 391 g/mol. The van der Waals surface area contributed by atoms with Crippen LogP contribution in [0, 0.1) is 0 Å². The van der Waals surface area contributed by atoms with Crippen LogP contribution in [-0.2, 0) is 20.0 Å². The number of carboxylic acids is 1. The smallest absolute Gasteiger partial charge is 0.313 e. The van der Waals surface area contributed by atoms with Gasteiger partial charge >= 0.3 is 5.97 Å². The Kier molecular flexibility index (Phi) is 5.60. The highest BCUT2D eigenvalue weighted by Crippen LogP contribution is 2.26. The van der Waals surface area contributed by atoms with E-state index in [4.69, 9.17) is 4.74 Å². The molecule has 0 fully saturated rings. The Hall–Kier alpha value is -2.87. The van der Waals surface area contributed by atoms with Gasteiger partial charge in [-0.15, -0.1) is 0 Å². The van der Waals surface area contributed by atoms with Crippen molar-refractivity contribution in [3.05, 3.63) is 53.6 Å². The molecule has 2 rings (SSSR count). The molecule has 0 aliphatic rings. The topological polar surface area (TPSA) is 110 Å². The van der Waals surface area contributed by atoms with Gasteiger partial charge in [0.2, 0.25) is 0 Å². The molecule has 0 spiro atoms. The number of amides is 1. The van der Waals surface area contributed by atoms with Crippen molar-refractivity contribution in [1.82, 2.24) is 0 Å². The number of hydrogen-bond acceptors (Lipinski definition) is 5. The van der Waals surface area contributed by atoms with E-state index in [-0.39, 0.29) is 16.2 Å². The summed E-state index contributed by atoms with van der Waals surface area (Å²) in [6, 6.07) is 10.5. The number of ether oxygens (including phenoxy) is 1. The van der Waals surface area contributed by atoms with Crippen molar-refractivity contribution in [2.45, 2.75) is 24.2 Å². The van der Waals surface area contributed by atoms with E-state index in [2.05, 4.69) is 5.32 Å². The molecule has 8 heteroatoms. The largest absolute Gasteiger partial charge is 0.496 e. The average molecular weight is 391 g/mol. The third-order valence-corrected chi connectivity index (χ3v) is 5.35. The lowest BCUT2D eigenvalue weighted by atomic mass is 9.85. The third kappa shape index (κ3) is 4.46. The van der Waals surface area contributed by atoms with Gasteiger partial charge in [-0.1, -0.05) is 12.1 Å². The molecule has 0 aliphatic heterocycles. The van der Waals surface area contributed by atoms with E-state index in [0.717, 1.165) is 6.26 Å². The van der Waals surface area contributed by atoms with Gasteiger partial charge in [-0.3, -0.25) is 9.59 Å². The number of carbonyl (C=O) groups is 2. The fourth-order valence-electron chi connectivity index (χ4n) is 2.39. The molecule has 1 amide bonds. The molecule has 2 aromatic carbocycles. The number of nitrogens with one attached hydrogen (secondary N) is 1. The molecular weight excluding hydrogens is 370 g/mol. The van der Waals surface area contributed by atoms with Crippen LogP contribution in [0.1, 0.15) is 29.8 Å². The maximum atomic E-state index is 12.6. The van der Waals surface area contributed by atoms with Crippen molar-refractivity contribution in [2.75, 3.05) is 18.7 Å². The lowest BCUT2D eigenvalue weighted by Gasteiger charge is -2.20. The summed E-state index contributed by atoms with van der Waals surface area (Å²) in [7, 11) is -2.09. The van der Waals surface area contributed by atoms with E-state index in [1.54, 1.807) is 38.1 Å². The Balaban J connectivity index is 2.31. The number of aliphatic carboxylic acids is 1. The molecule has 0 saturated carbocycles. The summed E-state index contributed by atoms with van der Waals surface area (Å²) >= 11 is 0. The SMILES string of the molecule is COc1ccc(S(C)(=O)=O)cc1C(=O)Nc1ccc(C(C)(C)C(=O)O)cc1. The van der Waals surface area contributed by atoms with Crippen molar-refractivity contribution in [3.63, 3.8) is 0 Å². The number of benzene rings is 2. The van der Waals surface area contributed by atoms with E-state index >= 15 is 0 Å². The van der Waals surface area contributed by atoms with Gasteiger partial charge in [-0.2, -0.15) is 0 Å². The number of sulfone groups is 1. The van der Waals surface area contributed by atoms with E-state index in [0.29, 0.717) is 11.3 Å². The van der Waals surface area contributed by atoms with Crippen LogP contribution in [0.4, 0.5) is 5.69 Å². The molecule has 144 valence electrons. The molecule has 0 unspecified atom stereocenters. The first-order valence-corrected chi connectivity index (χ1v) is 9.89. The van der Waals surface area contributed by atoms with Crippen LogP contribution in [0.25, 0.3) is 0 Å². The van der Waals surface area contributed by atoms with Gasteiger partial charge in [0, 0.05) is 11.9 Å². The van der Waals surface area contributed by atoms with Crippen LogP contribution in [0.2, 0.25) is 0 Å². The second kappa shape index (κ2) is 7.40. The van der Waals surface area contributed by atoms with Gasteiger partial charge in [-0.25, -0.2) is 8.42 Å². The number of anilines is 1. The molecule has 0 saturated heterocycles. The van der Waals surface area contributed by atoms with Gasteiger partial charge in [0.1, 0.15) is 5.75 Å². The van der Waals surface area contributed by atoms with E-state index in [1.807, 2.05) is 0 Å². The second-order valence-corrected chi connectivity index (χ2v) is 8.61. The second-order valence-electron chi connectivity index (χ2n) is 6.60. The molecule has 2 N–H and O–H groups in total. The highest BCUT2D eigenvalue weighted by molar-refractivity contribution is 7.90. The normalized spacial score (nSPS) is 11.7. The van der Waals surface area contributed by atoms with Crippen molar-refractivity contribution in [3.8, 4) is 5.75 Å². The quantitative estimate of drug-likeness (QED) is 0.783. The lowest BCUT2D eigenvalue weighted by Crippen LogP contribution is -2.28. The molecule has 2 aromatic rings. The standard InChI is InChI=1S/C19H21NO6S/c1-19(2,18(22)23)12-5-7-13(8-6-12)20-17(21)15-11-14(27(4,24)25)9-10-16(15)26-3/h5-11H,1-4H3,(H,20,21)(H,22,23). The number of rotatable bonds is 6. The summed E-state index contributed by atoms with van der Waals surface area (Å²) in [6.07, 6.45) is 1.05. The molecule has 0 atom stereocenters. The molecule has 0 radical (unpaired) electrons. The Morgan fingerprint density at radius 1 is 1.07 bits per heavy atom. The summed E-state index contributed by atoms with van der Waals surface area (Å²) < 4.78 is 28.6. The minimum Gasteiger partial charge on any atom is -0.496 e. The average Bonchev–Trinajstić information content (AvgIpc) is 2.60. The first kappa shape index (κ1) is 20.4. The number of carbonyl (C=O) groups excluding carboxylic acids is 1. The highest BCUT2D eigenvalue weighted by atomic mass is 32.2. The summed E-state index contributed by atoms with van der Waals surface area (Å²) in [6.45, 7) is 3.18. The van der Waals surface area contributed by atoms with Crippen LogP contribution in [0.5, 0.6) is 5.75 Å². The zero-order valence-electron chi connectivity index (χ0n) is 15.4. The van der Waals surface area contributed by atoms with Crippen molar-refractivity contribution < 1.29 is 27.9 Å². The Labute approximate surface area is 157 Å². The Morgan fingerprint density at radius 3 is 2.15 bits per heavy atom. The molecular formula is C19H21NO6S. The zero-order chi connectivity index (χ0) is 20.4. The zero-order valence-corrected chi connectivity index (χ0v) is 16.3. The van der Waals surface area contributed by atoms with Gasteiger partial charge in [0.15, 0.2) is 9.84 Å². The van der Waals surface area contributed by atoms with Crippen molar-refractivity contribution in [2.24, 2.45) is 0 Å². The molecule has 27 heavy (non-hydrogen) atoms. The van der Waals surface area contributed by atoms with Crippen molar-refractivity contribution >= 4 is 27.4 Å². The molecule has 0 bridgehead atoms. The lowest BCUT2D eigenvalue weighted by molar-refractivity contribution is -0.142. The molecule has 0 heterocycles. The molecule has 0 aromatic heterocycles. The minimum absolute atomic E-state index is 0.00649. The van der Waals surface area contributed by atoms with Crippen LogP contribution >= 0.6 is 0 Å². The van der Waals surface area contributed by atoms with Gasteiger partial charge < -0.3 is 15.2 Å². The summed E-state index contributed by atoms with van der Waals surface area (Å²) in [5.41, 5.74) is 0.0482. The number of hydrogen-bond donors (Lipinski definition) is 2.